The maximum absolute atomic E-state index is 11.6. The lowest BCUT2D eigenvalue weighted by atomic mass is 9.92. The Bertz CT molecular complexity index is 248. The molecule has 0 aromatic heterocycles. The van der Waals surface area contributed by atoms with Crippen LogP contribution in [0.2, 0.25) is 0 Å². The summed E-state index contributed by atoms with van der Waals surface area (Å²) in [5.41, 5.74) is -0.388. The van der Waals surface area contributed by atoms with E-state index in [4.69, 9.17) is 4.74 Å². The second kappa shape index (κ2) is 5.17. The zero-order chi connectivity index (χ0) is 12.3. The van der Waals surface area contributed by atoms with Gasteiger partial charge in [0.25, 0.3) is 0 Å². The number of ether oxygens (including phenoxy) is 1. The molecule has 1 heterocycles. The Kier molecular flexibility index (Phi) is 4.36. The first kappa shape index (κ1) is 13.5. The molecule has 1 unspecified atom stereocenters. The second-order valence-corrected chi connectivity index (χ2v) is 5.90. The normalized spacial score (nSPS) is 22.8. The molecule has 1 aliphatic rings. The number of nitrogens with zero attached hydrogens (tertiary/aromatic N) is 1. The third kappa shape index (κ3) is 3.21. The van der Waals surface area contributed by atoms with Gasteiger partial charge in [0.05, 0.1) is 12.5 Å². The van der Waals surface area contributed by atoms with Gasteiger partial charge in [-0.1, -0.05) is 13.8 Å². The maximum atomic E-state index is 11.6. The van der Waals surface area contributed by atoms with Crippen LogP contribution in [0.15, 0.2) is 0 Å². The van der Waals surface area contributed by atoms with Gasteiger partial charge in [-0.2, -0.15) is 0 Å². The van der Waals surface area contributed by atoms with Gasteiger partial charge in [0.2, 0.25) is 0 Å². The van der Waals surface area contributed by atoms with Crippen LogP contribution in [0.1, 0.15) is 34.1 Å². The van der Waals surface area contributed by atoms with Crippen molar-refractivity contribution in [1.29, 1.82) is 0 Å². The van der Waals surface area contributed by atoms with E-state index in [0.717, 1.165) is 31.5 Å². The van der Waals surface area contributed by atoms with Crippen LogP contribution in [0.4, 0.5) is 0 Å². The van der Waals surface area contributed by atoms with Crippen molar-refractivity contribution in [3.05, 3.63) is 0 Å². The highest BCUT2D eigenvalue weighted by atomic mass is 16.5. The van der Waals surface area contributed by atoms with Crippen molar-refractivity contribution in [3.8, 4) is 0 Å². The van der Waals surface area contributed by atoms with Crippen molar-refractivity contribution in [2.24, 2.45) is 17.3 Å². The summed E-state index contributed by atoms with van der Waals surface area (Å²) in [4.78, 5) is 14.0. The highest BCUT2D eigenvalue weighted by molar-refractivity contribution is 5.76. The molecule has 0 aromatic carbocycles. The lowest BCUT2D eigenvalue weighted by molar-refractivity contribution is -0.151. The molecule has 0 aliphatic carbocycles. The average molecular weight is 227 g/mol. The van der Waals surface area contributed by atoms with Crippen LogP contribution in [0, 0.1) is 17.3 Å². The molecular formula is C13H25NO2. The first-order valence-electron chi connectivity index (χ1n) is 6.17. The van der Waals surface area contributed by atoms with Crippen LogP contribution in [-0.2, 0) is 9.53 Å². The van der Waals surface area contributed by atoms with E-state index in [2.05, 4.69) is 18.7 Å². The predicted octanol–water partition coefficient (Wildman–Crippen LogP) is 2.16. The highest BCUT2D eigenvalue weighted by Gasteiger charge is 2.34. The van der Waals surface area contributed by atoms with E-state index in [1.165, 1.54) is 13.5 Å². The van der Waals surface area contributed by atoms with Gasteiger partial charge in [-0.3, -0.25) is 4.79 Å². The molecule has 1 aliphatic heterocycles. The van der Waals surface area contributed by atoms with Gasteiger partial charge in [-0.15, -0.1) is 0 Å². The fourth-order valence-electron chi connectivity index (χ4n) is 2.45. The maximum Gasteiger partial charge on any atom is 0.312 e. The largest absolute Gasteiger partial charge is 0.469 e. The van der Waals surface area contributed by atoms with Crippen molar-refractivity contribution in [2.45, 2.75) is 34.1 Å². The van der Waals surface area contributed by atoms with Gasteiger partial charge in [-0.05, 0) is 38.6 Å². The number of hydrogen-bond donors (Lipinski definition) is 0. The molecule has 0 bridgehead atoms. The zero-order valence-corrected chi connectivity index (χ0v) is 11.2. The van der Waals surface area contributed by atoms with Crippen molar-refractivity contribution in [1.82, 2.24) is 4.90 Å². The quantitative estimate of drug-likeness (QED) is 0.689. The van der Waals surface area contributed by atoms with E-state index in [-0.39, 0.29) is 11.4 Å². The number of likely N-dealkylation sites (tertiary alicyclic amines) is 1. The minimum absolute atomic E-state index is 0.111. The number of hydrogen-bond acceptors (Lipinski definition) is 3. The molecule has 0 N–H and O–H groups in total. The lowest BCUT2D eigenvalue weighted by Crippen LogP contribution is -2.39. The zero-order valence-electron chi connectivity index (χ0n) is 11.2. The van der Waals surface area contributed by atoms with E-state index in [1.54, 1.807) is 0 Å². The molecule has 3 nitrogen and oxygen atoms in total. The van der Waals surface area contributed by atoms with Crippen LogP contribution in [0.5, 0.6) is 0 Å². The first-order chi connectivity index (χ1) is 7.36. The number of methoxy groups -OCH3 is 1. The van der Waals surface area contributed by atoms with Crippen LogP contribution in [0.3, 0.4) is 0 Å². The van der Waals surface area contributed by atoms with Crippen LogP contribution < -0.4 is 0 Å². The van der Waals surface area contributed by atoms with Gasteiger partial charge < -0.3 is 9.64 Å². The Hall–Kier alpha value is -0.570. The number of carbonyl (C=O) groups excluding carboxylic acids is 1. The lowest BCUT2D eigenvalue weighted by Gasteiger charge is -2.28. The standard InChI is InChI=1S/C13H25NO2/c1-10(2)11-6-7-14(8-11)9-13(3,4)12(15)16-5/h10-11H,6-9H2,1-5H3. The fourth-order valence-corrected chi connectivity index (χ4v) is 2.45. The average Bonchev–Trinajstić information content (AvgIpc) is 2.64. The Morgan fingerprint density at radius 3 is 2.56 bits per heavy atom. The van der Waals surface area contributed by atoms with E-state index >= 15 is 0 Å². The number of carbonyl (C=O) groups is 1. The smallest absolute Gasteiger partial charge is 0.312 e. The van der Waals surface area contributed by atoms with E-state index in [0.29, 0.717) is 0 Å². The monoisotopic (exact) mass is 227 g/mol. The minimum Gasteiger partial charge on any atom is -0.469 e. The van der Waals surface area contributed by atoms with Gasteiger partial charge >= 0.3 is 5.97 Å². The summed E-state index contributed by atoms with van der Waals surface area (Å²) in [6, 6.07) is 0. The topological polar surface area (TPSA) is 29.5 Å². The summed E-state index contributed by atoms with van der Waals surface area (Å²) in [5.74, 6) is 1.42. The number of rotatable bonds is 4. The van der Waals surface area contributed by atoms with Gasteiger partial charge in [0.1, 0.15) is 0 Å². The summed E-state index contributed by atoms with van der Waals surface area (Å²) >= 11 is 0. The Balaban J connectivity index is 2.47. The Morgan fingerprint density at radius 2 is 2.12 bits per heavy atom. The third-order valence-electron chi connectivity index (χ3n) is 3.61. The molecule has 0 spiro atoms. The van der Waals surface area contributed by atoms with Crippen molar-refractivity contribution < 1.29 is 9.53 Å². The number of esters is 1. The molecule has 0 saturated carbocycles. The summed E-state index contributed by atoms with van der Waals surface area (Å²) in [5, 5.41) is 0. The van der Waals surface area contributed by atoms with Gasteiger partial charge in [0, 0.05) is 13.1 Å². The molecule has 0 amide bonds. The second-order valence-electron chi connectivity index (χ2n) is 5.90. The molecule has 1 saturated heterocycles. The van der Waals surface area contributed by atoms with Crippen LogP contribution in [-0.4, -0.2) is 37.6 Å². The van der Waals surface area contributed by atoms with Crippen LogP contribution >= 0.6 is 0 Å². The van der Waals surface area contributed by atoms with E-state index < -0.39 is 0 Å². The fraction of sp³-hybridized carbons (Fsp3) is 0.923. The SMILES string of the molecule is COC(=O)C(C)(C)CN1CCC(C(C)C)C1. The van der Waals surface area contributed by atoms with E-state index in [1.807, 2.05) is 13.8 Å². The third-order valence-corrected chi connectivity index (χ3v) is 3.61. The van der Waals surface area contributed by atoms with E-state index in [9.17, 15) is 4.79 Å². The molecule has 16 heavy (non-hydrogen) atoms. The molecular weight excluding hydrogens is 202 g/mol. The van der Waals surface area contributed by atoms with Crippen LogP contribution in [0.25, 0.3) is 0 Å². The molecule has 0 aromatic rings. The van der Waals surface area contributed by atoms with Crippen molar-refractivity contribution >= 4 is 5.97 Å². The molecule has 94 valence electrons. The van der Waals surface area contributed by atoms with Gasteiger partial charge in [0.15, 0.2) is 0 Å². The summed E-state index contributed by atoms with van der Waals surface area (Å²) in [7, 11) is 1.46. The summed E-state index contributed by atoms with van der Waals surface area (Å²) < 4.78 is 4.83. The Morgan fingerprint density at radius 1 is 1.50 bits per heavy atom. The molecule has 1 atom stereocenters. The summed E-state index contributed by atoms with van der Waals surface area (Å²) in [6.45, 7) is 11.5. The minimum atomic E-state index is -0.388. The predicted molar refractivity (Wildman–Crippen MR) is 65.2 cm³/mol. The van der Waals surface area contributed by atoms with Gasteiger partial charge in [-0.25, -0.2) is 0 Å². The molecule has 1 rings (SSSR count). The van der Waals surface area contributed by atoms with Crippen molar-refractivity contribution in [2.75, 3.05) is 26.7 Å². The summed E-state index contributed by atoms with van der Waals surface area (Å²) in [6.07, 6.45) is 1.26. The Labute approximate surface area is 99.1 Å². The molecule has 1 fully saturated rings. The molecule has 3 heteroatoms. The van der Waals surface area contributed by atoms with Crippen molar-refractivity contribution in [3.63, 3.8) is 0 Å². The first-order valence-corrected chi connectivity index (χ1v) is 6.17. The molecule has 0 radical (unpaired) electrons. The highest BCUT2D eigenvalue weighted by Crippen LogP contribution is 2.27.